The minimum absolute atomic E-state index is 0.305. The van der Waals surface area contributed by atoms with Crippen LogP contribution in [0.2, 0.25) is 0 Å². The maximum absolute atomic E-state index is 11.4. The molecule has 2 aromatic heterocycles. The second-order valence-corrected chi connectivity index (χ2v) is 7.69. The lowest BCUT2D eigenvalue weighted by Crippen LogP contribution is -2.25. The highest BCUT2D eigenvalue weighted by Crippen LogP contribution is 2.25. The molecule has 0 amide bonds. The molecule has 0 fully saturated rings. The summed E-state index contributed by atoms with van der Waals surface area (Å²) in [5.74, 6) is 0.592. The van der Waals surface area contributed by atoms with E-state index < -0.39 is 15.1 Å². The molecule has 102 valence electrons. The number of aromatic nitrogens is 2. The maximum Gasteiger partial charge on any atom is 0.152 e. The van der Waals surface area contributed by atoms with Gasteiger partial charge in [-0.25, -0.2) is 13.4 Å². The van der Waals surface area contributed by atoms with Crippen LogP contribution >= 0.6 is 15.9 Å². The fourth-order valence-corrected chi connectivity index (χ4v) is 2.37. The summed E-state index contributed by atoms with van der Waals surface area (Å²) >= 11 is 3.42. The molecular formula is C12H14BrN3O2S. The quantitative estimate of drug-likeness (QED) is 0.921. The molecule has 0 aromatic carbocycles. The zero-order chi connectivity index (χ0) is 14.0. The predicted octanol–water partition coefficient (Wildman–Crippen LogP) is 2.24. The third-order valence-corrected chi connectivity index (χ3v) is 5.14. The predicted molar refractivity (Wildman–Crippen MR) is 80.0 cm³/mol. The molecule has 2 heterocycles. The first kappa shape index (κ1) is 14.2. The van der Waals surface area contributed by atoms with Gasteiger partial charge in [-0.3, -0.25) is 4.98 Å². The van der Waals surface area contributed by atoms with Crippen LogP contribution in [0.4, 0.5) is 5.82 Å². The number of hydrogen-bond acceptors (Lipinski definition) is 5. The van der Waals surface area contributed by atoms with Gasteiger partial charge in [0.05, 0.1) is 5.25 Å². The number of halogens is 1. The molecule has 19 heavy (non-hydrogen) atoms. The number of nitrogens with zero attached hydrogens (tertiary/aromatic N) is 2. The molecule has 1 unspecified atom stereocenters. The number of rotatable bonds is 4. The Bertz CT molecular complexity index is 703. The molecule has 0 radical (unpaired) electrons. The highest BCUT2D eigenvalue weighted by Gasteiger charge is 2.15. The van der Waals surface area contributed by atoms with Gasteiger partial charge >= 0.3 is 0 Å². The van der Waals surface area contributed by atoms with Crippen LogP contribution in [0.1, 0.15) is 6.92 Å². The van der Waals surface area contributed by atoms with Crippen molar-refractivity contribution < 1.29 is 8.42 Å². The molecule has 1 atom stereocenters. The van der Waals surface area contributed by atoms with Crippen LogP contribution in [0, 0.1) is 0 Å². The third kappa shape index (κ3) is 3.22. The SMILES string of the molecule is CC(CNc1ncc(Br)c2cccnc12)S(C)(=O)=O. The maximum atomic E-state index is 11.4. The topological polar surface area (TPSA) is 72.0 Å². The number of sulfone groups is 1. The summed E-state index contributed by atoms with van der Waals surface area (Å²) in [6, 6.07) is 3.77. The highest BCUT2D eigenvalue weighted by atomic mass is 79.9. The number of anilines is 1. The van der Waals surface area contributed by atoms with E-state index in [1.54, 1.807) is 19.3 Å². The van der Waals surface area contributed by atoms with Crippen LogP contribution in [0.15, 0.2) is 29.0 Å². The summed E-state index contributed by atoms with van der Waals surface area (Å²) in [6.07, 6.45) is 4.59. The van der Waals surface area contributed by atoms with Gasteiger partial charge in [-0.05, 0) is 35.0 Å². The number of hydrogen-bond donors (Lipinski definition) is 1. The van der Waals surface area contributed by atoms with Crippen LogP contribution in [0.3, 0.4) is 0 Å². The van der Waals surface area contributed by atoms with Crippen LogP contribution in [-0.2, 0) is 9.84 Å². The average molecular weight is 344 g/mol. The Kier molecular flexibility index (Phi) is 4.05. The molecule has 2 rings (SSSR count). The molecular weight excluding hydrogens is 330 g/mol. The van der Waals surface area contributed by atoms with Crippen LogP contribution in [0.5, 0.6) is 0 Å². The van der Waals surface area contributed by atoms with E-state index in [9.17, 15) is 8.42 Å². The lowest BCUT2D eigenvalue weighted by atomic mass is 10.2. The second kappa shape index (κ2) is 5.42. The van der Waals surface area contributed by atoms with Crippen molar-refractivity contribution in [1.29, 1.82) is 0 Å². The Balaban J connectivity index is 2.30. The monoisotopic (exact) mass is 343 g/mol. The molecule has 0 aliphatic heterocycles. The lowest BCUT2D eigenvalue weighted by molar-refractivity contribution is 0.591. The van der Waals surface area contributed by atoms with Crippen molar-refractivity contribution in [2.45, 2.75) is 12.2 Å². The molecule has 0 saturated carbocycles. The molecule has 1 N–H and O–H groups in total. The largest absolute Gasteiger partial charge is 0.367 e. The molecule has 0 aliphatic carbocycles. The van der Waals surface area contributed by atoms with Gasteiger partial charge in [-0.2, -0.15) is 0 Å². The van der Waals surface area contributed by atoms with Crippen molar-refractivity contribution in [2.24, 2.45) is 0 Å². The van der Waals surface area contributed by atoms with Crippen molar-refractivity contribution in [3.8, 4) is 0 Å². The first-order chi connectivity index (χ1) is 8.89. The second-order valence-electron chi connectivity index (χ2n) is 4.38. The van der Waals surface area contributed by atoms with E-state index in [-0.39, 0.29) is 0 Å². The van der Waals surface area contributed by atoms with E-state index in [4.69, 9.17) is 0 Å². The van der Waals surface area contributed by atoms with E-state index in [2.05, 4.69) is 31.2 Å². The molecule has 5 nitrogen and oxygen atoms in total. The first-order valence-corrected chi connectivity index (χ1v) is 8.46. The van der Waals surface area contributed by atoms with Gasteiger partial charge in [0, 0.05) is 35.1 Å². The fraction of sp³-hybridized carbons (Fsp3) is 0.333. The van der Waals surface area contributed by atoms with Crippen LogP contribution in [-0.4, -0.2) is 36.4 Å². The highest BCUT2D eigenvalue weighted by molar-refractivity contribution is 9.10. The average Bonchev–Trinajstić information content (AvgIpc) is 2.37. The van der Waals surface area contributed by atoms with Gasteiger partial charge in [0.1, 0.15) is 5.52 Å². The molecule has 2 aromatic rings. The molecule has 0 bridgehead atoms. The van der Waals surface area contributed by atoms with Crippen LogP contribution in [0.25, 0.3) is 10.9 Å². The fourth-order valence-electron chi connectivity index (χ4n) is 1.56. The standard InChI is InChI=1S/C12H14BrN3O2S/c1-8(19(2,17)18)6-15-12-11-9(4-3-5-14-11)10(13)7-16-12/h3-5,7-8H,6H2,1-2H3,(H,15,16). The first-order valence-electron chi connectivity index (χ1n) is 5.71. The summed E-state index contributed by atoms with van der Waals surface area (Å²) in [5, 5.41) is 3.51. The van der Waals surface area contributed by atoms with E-state index >= 15 is 0 Å². The Morgan fingerprint density at radius 2 is 2.16 bits per heavy atom. The molecule has 0 spiro atoms. The Labute approximate surface area is 120 Å². The van der Waals surface area contributed by atoms with Crippen molar-refractivity contribution >= 4 is 42.5 Å². The van der Waals surface area contributed by atoms with Crippen molar-refractivity contribution in [3.63, 3.8) is 0 Å². The van der Waals surface area contributed by atoms with Crippen molar-refractivity contribution in [1.82, 2.24) is 9.97 Å². The van der Waals surface area contributed by atoms with Gasteiger partial charge in [-0.1, -0.05) is 0 Å². The molecule has 0 saturated heterocycles. The number of pyridine rings is 2. The van der Waals surface area contributed by atoms with E-state index in [0.29, 0.717) is 12.4 Å². The summed E-state index contributed by atoms with van der Waals surface area (Å²) < 4.78 is 23.6. The van der Waals surface area contributed by atoms with Crippen LogP contribution < -0.4 is 5.32 Å². The number of nitrogens with one attached hydrogen (secondary N) is 1. The summed E-state index contributed by atoms with van der Waals surface area (Å²) in [5.41, 5.74) is 0.720. The molecule has 0 aliphatic rings. The molecule has 7 heteroatoms. The smallest absolute Gasteiger partial charge is 0.152 e. The summed E-state index contributed by atoms with van der Waals surface area (Å²) in [4.78, 5) is 8.52. The van der Waals surface area contributed by atoms with Gasteiger partial charge < -0.3 is 5.32 Å². The normalized spacial score (nSPS) is 13.4. The van der Waals surface area contributed by atoms with Crippen molar-refractivity contribution in [3.05, 3.63) is 29.0 Å². The number of fused-ring (bicyclic) bond motifs is 1. The van der Waals surface area contributed by atoms with Crippen molar-refractivity contribution in [2.75, 3.05) is 18.1 Å². The van der Waals surface area contributed by atoms with E-state index in [1.165, 1.54) is 6.26 Å². The lowest BCUT2D eigenvalue weighted by Gasteiger charge is -2.12. The Morgan fingerprint density at radius 3 is 2.84 bits per heavy atom. The van der Waals surface area contributed by atoms with Gasteiger partial charge in [0.2, 0.25) is 0 Å². The van der Waals surface area contributed by atoms with E-state index in [1.807, 2.05) is 12.1 Å². The summed E-state index contributed by atoms with van der Waals surface area (Å²) in [7, 11) is -3.05. The zero-order valence-corrected chi connectivity index (χ0v) is 13.0. The minimum Gasteiger partial charge on any atom is -0.367 e. The van der Waals surface area contributed by atoms with Gasteiger partial charge in [0.25, 0.3) is 0 Å². The zero-order valence-electron chi connectivity index (χ0n) is 10.6. The third-order valence-electron chi connectivity index (χ3n) is 2.88. The Morgan fingerprint density at radius 1 is 1.42 bits per heavy atom. The Hall–Kier alpha value is -1.21. The summed E-state index contributed by atoms with van der Waals surface area (Å²) in [6.45, 7) is 1.97. The van der Waals surface area contributed by atoms with E-state index in [0.717, 1.165) is 15.4 Å². The minimum atomic E-state index is -3.05. The van der Waals surface area contributed by atoms with Gasteiger partial charge in [0.15, 0.2) is 15.7 Å². The van der Waals surface area contributed by atoms with Gasteiger partial charge in [-0.15, -0.1) is 0 Å².